The van der Waals surface area contributed by atoms with Gasteiger partial charge in [-0.25, -0.2) is 9.13 Å². The molecule has 2 aromatic rings. The van der Waals surface area contributed by atoms with E-state index in [0.717, 1.165) is 13.1 Å². The Hall–Kier alpha value is -1.57. The van der Waals surface area contributed by atoms with Crippen molar-refractivity contribution in [3.63, 3.8) is 0 Å². The first-order valence-corrected chi connectivity index (χ1v) is 5.97. The molecule has 2 nitrogen and oxygen atoms in total. The van der Waals surface area contributed by atoms with Gasteiger partial charge in [-0.05, 0) is 12.5 Å². The second-order valence-electron chi connectivity index (χ2n) is 3.40. The molecule has 0 saturated heterocycles. The summed E-state index contributed by atoms with van der Waals surface area (Å²) in [5.74, 6) is 0. The van der Waals surface area contributed by atoms with Crippen molar-refractivity contribution in [2.75, 3.05) is 0 Å². The summed E-state index contributed by atoms with van der Waals surface area (Å²) in [5.41, 5.74) is 1.34. The van der Waals surface area contributed by atoms with Gasteiger partial charge >= 0.3 is 0 Å². The fourth-order valence-corrected chi connectivity index (χ4v) is 1.51. The van der Waals surface area contributed by atoms with E-state index in [0.29, 0.717) is 0 Å². The minimum absolute atomic E-state index is 0.952. The maximum atomic E-state index is 2.19. The van der Waals surface area contributed by atoms with Gasteiger partial charge in [-0.3, -0.25) is 0 Å². The van der Waals surface area contributed by atoms with Crippen LogP contribution >= 0.6 is 0 Å². The maximum absolute atomic E-state index is 2.19. The van der Waals surface area contributed by atoms with Crippen LogP contribution in [0.5, 0.6) is 0 Å². The Bertz CT molecular complexity index is 390. The van der Waals surface area contributed by atoms with Crippen LogP contribution in [0.4, 0.5) is 0 Å². The molecule has 0 fully saturated rings. The smallest absolute Gasteiger partial charge is 0.237 e. The molecule has 1 aromatic heterocycles. The van der Waals surface area contributed by atoms with Crippen LogP contribution in [0.25, 0.3) is 0 Å². The molecule has 0 aliphatic carbocycles. The molecule has 1 aromatic carbocycles. The molecule has 0 aliphatic rings. The highest BCUT2D eigenvalue weighted by atomic mass is 15.1. The summed E-state index contributed by atoms with van der Waals surface area (Å²) < 4.78 is 4.36. The Morgan fingerprint density at radius 3 is 2.38 bits per heavy atom. The molecule has 0 N–H and O–H groups in total. The molecule has 0 unspecified atom stereocenters. The Kier molecular flexibility index (Phi) is 5.34. The van der Waals surface area contributed by atoms with Crippen molar-refractivity contribution in [3.8, 4) is 0 Å². The molecule has 1 heterocycles. The summed E-state index contributed by atoms with van der Waals surface area (Å²) in [6.07, 6.45) is 6.34. The van der Waals surface area contributed by atoms with E-state index in [4.69, 9.17) is 0 Å². The second-order valence-corrected chi connectivity index (χ2v) is 3.40. The van der Waals surface area contributed by atoms with Gasteiger partial charge in [0.1, 0.15) is 18.9 Å². The van der Waals surface area contributed by atoms with Gasteiger partial charge in [0.05, 0.1) is 6.54 Å². The average molecular weight is 217 g/mol. The molecule has 0 radical (unpaired) electrons. The van der Waals surface area contributed by atoms with E-state index in [2.05, 4.69) is 59.0 Å². The van der Waals surface area contributed by atoms with E-state index in [1.54, 1.807) is 0 Å². The number of hydrogen-bond acceptors (Lipinski definition) is 0. The lowest BCUT2D eigenvalue weighted by molar-refractivity contribution is -0.687. The zero-order chi connectivity index (χ0) is 11.8. The molecule has 0 saturated carbocycles. The lowest BCUT2D eigenvalue weighted by Gasteiger charge is -1.95. The van der Waals surface area contributed by atoms with Crippen LogP contribution in [0.15, 0.2) is 49.1 Å². The highest BCUT2D eigenvalue weighted by Gasteiger charge is 2.01. The van der Waals surface area contributed by atoms with Crippen molar-refractivity contribution in [2.45, 2.75) is 33.9 Å². The Labute approximate surface area is 98.2 Å². The van der Waals surface area contributed by atoms with Gasteiger partial charge in [0.25, 0.3) is 0 Å². The Balaban J connectivity index is 0.000000606. The fraction of sp³-hybridized carbons (Fsp3) is 0.357. The van der Waals surface area contributed by atoms with E-state index in [9.17, 15) is 0 Å². The van der Waals surface area contributed by atoms with Crippen LogP contribution in [0.3, 0.4) is 0 Å². The third kappa shape index (κ3) is 3.54. The van der Waals surface area contributed by atoms with Crippen molar-refractivity contribution in [1.29, 1.82) is 0 Å². The largest absolute Gasteiger partial charge is 0.244 e. The molecular weight excluding hydrogens is 196 g/mol. The van der Waals surface area contributed by atoms with E-state index in [1.807, 2.05) is 19.9 Å². The van der Waals surface area contributed by atoms with Crippen LogP contribution in [0, 0.1) is 0 Å². The number of rotatable bonds is 3. The molecule has 0 amide bonds. The van der Waals surface area contributed by atoms with Gasteiger partial charge in [-0.2, -0.15) is 0 Å². The van der Waals surface area contributed by atoms with Crippen LogP contribution in [-0.2, 0) is 13.1 Å². The van der Waals surface area contributed by atoms with Crippen molar-refractivity contribution >= 4 is 0 Å². The van der Waals surface area contributed by atoms with Gasteiger partial charge in [0.2, 0.25) is 6.33 Å². The standard InChI is InChI=1S/C12H15N2.C2H6/c1-2-13-8-9-14(11-13)10-12-6-4-3-5-7-12;1-2/h3-9,11H,2,10H2,1H3;1-2H3/q+1;. The van der Waals surface area contributed by atoms with Crippen molar-refractivity contribution in [2.24, 2.45) is 0 Å². The van der Waals surface area contributed by atoms with Gasteiger partial charge in [-0.1, -0.05) is 44.2 Å². The fourth-order valence-electron chi connectivity index (χ4n) is 1.51. The summed E-state index contributed by atoms with van der Waals surface area (Å²) in [4.78, 5) is 0. The first kappa shape index (κ1) is 12.5. The van der Waals surface area contributed by atoms with Crippen LogP contribution in [0.1, 0.15) is 26.3 Å². The summed E-state index contributed by atoms with van der Waals surface area (Å²) in [7, 11) is 0. The molecule has 2 heteroatoms. The third-order valence-corrected chi connectivity index (χ3v) is 2.32. The van der Waals surface area contributed by atoms with Gasteiger partial charge < -0.3 is 0 Å². The summed E-state index contributed by atoms with van der Waals surface area (Å²) in [6.45, 7) is 8.13. The van der Waals surface area contributed by atoms with Crippen LogP contribution < -0.4 is 4.57 Å². The van der Waals surface area contributed by atoms with E-state index in [1.165, 1.54) is 5.56 Å². The summed E-state index contributed by atoms with van der Waals surface area (Å²) >= 11 is 0. The molecule has 0 aliphatic heterocycles. The van der Waals surface area contributed by atoms with Gasteiger partial charge in [-0.15, -0.1) is 0 Å². The molecule has 86 valence electrons. The first-order valence-electron chi connectivity index (χ1n) is 5.97. The third-order valence-electron chi connectivity index (χ3n) is 2.32. The highest BCUT2D eigenvalue weighted by molar-refractivity contribution is 5.13. The van der Waals surface area contributed by atoms with Crippen molar-refractivity contribution < 1.29 is 4.57 Å². The number of nitrogens with zero attached hydrogens (tertiary/aromatic N) is 2. The van der Waals surface area contributed by atoms with Crippen LogP contribution in [0.2, 0.25) is 0 Å². The number of benzene rings is 1. The molecular formula is C14H21N2+. The molecule has 2 rings (SSSR count). The number of aryl methyl sites for hydroxylation is 1. The average Bonchev–Trinajstić information content (AvgIpc) is 2.81. The van der Waals surface area contributed by atoms with E-state index >= 15 is 0 Å². The Morgan fingerprint density at radius 1 is 1.12 bits per heavy atom. The van der Waals surface area contributed by atoms with Gasteiger partial charge in [0.15, 0.2) is 0 Å². The number of hydrogen-bond donors (Lipinski definition) is 0. The predicted octanol–water partition coefficient (Wildman–Crippen LogP) is 2.87. The normalized spacial score (nSPS) is 9.44. The number of imidazole rings is 1. The zero-order valence-electron chi connectivity index (χ0n) is 10.4. The lowest BCUT2D eigenvalue weighted by Crippen LogP contribution is -2.31. The first-order chi connectivity index (χ1) is 7.88. The quantitative estimate of drug-likeness (QED) is 0.699. The molecule has 0 bridgehead atoms. The Morgan fingerprint density at radius 2 is 1.81 bits per heavy atom. The zero-order valence-corrected chi connectivity index (χ0v) is 10.4. The summed E-state index contributed by atoms with van der Waals surface area (Å²) in [6, 6.07) is 10.5. The number of aromatic nitrogens is 2. The van der Waals surface area contributed by atoms with E-state index in [-0.39, 0.29) is 0 Å². The molecule has 0 spiro atoms. The monoisotopic (exact) mass is 217 g/mol. The molecule has 0 atom stereocenters. The predicted molar refractivity (Wildman–Crippen MR) is 67.2 cm³/mol. The summed E-state index contributed by atoms with van der Waals surface area (Å²) in [5, 5.41) is 0. The minimum Gasteiger partial charge on any atom is -0.237 e. The van der Waals surface area contributed by atoms with Gasteiger partial charge in [0, 0.05) is 0 Å². The highest BCUT2D eigenvalue weighted by Crippen LogP contribution is 1.97. The van der Waals surface area contributed by atoms with Crippen molar-refractivity contribution in [1.82, 2.24) is 4.57 Å². The van der Waals surface area contributed by atoms with Crippen LogP contribution in [-0.4, -0.2) is 4.57 Å². The van der Waals surface area contributed by atoms with Crippen molar-refractivity contribution in [3.05, 3.63) is 54.6 Å². The minimum atomic E-state index is 0.952. The topological polar surface area (TPSA) is 8.81 Å². The van der Waals surface area contributed by atoms with E-state index < -0.39 is 0 Å². The maximum Gasteiger partial charge on any atom is 0.244 e. The second kappa shape index (κ2) is 6.83. The lowest BCUT2D eigenvalue weighted by atomic mass is 10.2. The molecule has 16 heavy (non-hydrogen) atoms. The SMILES string of the molecule is CC.CCn1cc[n+](Cc2ccccc2)c1.